The SMILES string of the molecule is CCCNc1nc(-c2ccoc2)nc2sccc12. The van der Waals surface area contributed by atoms with Gasteiger partial charge < -0.3 is 9.73 Å². The fourth-order valence-corrected chi connectivity index (χ4v) is 2.52. The highest BCUT2D eigenvalue weighted by Gasteiger charge is 2.10. The van der Waals surface area contributed by atoms with Crippen molar-refractivity contribution < 1.29 is 4.42 Å². The van der Waals surface area contributed by atoms with Crippen LogP contribution in [0.5, 0.6) is 0 Å². The Bertz CT molecular complexity index is 645. The van der Waals surface area contributed by atoms with E-state index in [-0.39, 0.29) is 0 Å². The average Bonchev–Trinajstić information content (AvgIpc) is 3.05. The minimum absolute atomic E-state index is 0.706. The van der Waals surface area contributed by atoms with Gasteiger partial charge in [-0.2, -0.15) is 0 Å². The van der Waals surface area contributed by atoms with Crippen LogP contribution >= 0.6 is 11.3 Å². The number of thiophene rings is 1. The third-order valence-corrected chi connectivity index (χ3v) is 3.45. The summed E-state index contributed by atoms with van der Waals surface area (Å²) in [5, 5.41) is 6.47. The van der Waals surface area contributed by atoms with Gasteiger partial charge >= 0.3 is 0 Å². The average molecular weight is 259 g/mol. The minimum atomic E-state index is 0.706. The predicted octanol–water partition coefficient (Wildman–Crippen LogP) is 3.77. The lowest BCUT2D eigenvalue weighted by Gasteiger charge is -2.06. The first-order valence-corrected chi connectivity index (χ1v) is 6.78. The summed E-state index contributed by atoms with van der Waals surface area (Å²) in [5.41, 5.74) is 0.907. The van der Waals surface area contributed by atoms with Crippen molar-refractivity contribution in [1.29, 1.82) is 0 Å². The van der Waals surface area contributed by atoms with Gasteiger partial charge in [0.1, 0.15) is 16.9 Å². The number of hydrogen-bond donors (Lipinski definition) is 1. The van der Waals surface area contributed by atoms with Crippen molar-refractivity contribution in [2.45, 2.75) is 13.3 Å². The zero-order valence-corrected chi connectivity index (χ0v) is 10.8. The first-order chi connectivity index (χ1) is 8.88. The lowest BCUT2D eigenvalue weighted by atomic mass is 10.3. The summed E-state index contributed by atoms with van der Waals surface area (Å²) in [6.07, 6.45) is 4.37. The maximum atomic E-state index is 5.09. The van der Waals surface area contributed by atoms with Gasteiger partial charge in [-0.3, -0.25) is 0 Å². The van der Waals surface area contributed by atoms with Crippen LogP contribution in [0.3, 0.4) is 0 Å². The van der Waals surface area contributed by atoms with Crippen molar-refractivity contribution in [2.24, 2.45) is 0 Å². The predicted molar refractivity (Wildman–Crippen MR) is 73.9 cm³/mol. The Morgan fingerprint density at radius 3 is 3.06 bits per heavy atom. The molecule has 0 unspecified atom stereocenters. The molecule has 0 bridgehead atoms. The summed E-state index contributed by atoms with van der Waals surface area (Å²) in [7, 11) is 0. The molecule has 3 heterocycles. The molecule has 0 fully saturated rings. The first kappa shape index (κ1) is 11.2. The van der Waals surface area contributed by atoms with Gasteiger partial charge in [-0.15, -0.1) is 11.3 Å². The number of aromatic nitrogens is 2. The monoisotopic (exact) mass is 259 g/mol. The summed E-state index contributed by atoms with van der Waals surface area (Å²) in [5.74, 6) is 1.61. The van der Waals surface area contributed by atoms with Gasteiger partial charge in [-0.05, 0) is 23.9 Å². The van der Waals surface area contributed by atoms with Gasteiger partial charge in [-0.1, -0.05) is 6.92 Å². The molecule has 0 amide bonds. The van der Waals surface area contributed by atoms with E-state index in [1.807, 2.05) is 11.4 Å². The Balaban J connectivity index is 2.11. The standard InChI is InChI=1S/C13H13N3OS/c1-2-5-14-12-10-4-7-18-13(10)16-11(15-12)9-3-6-17-8-9/h3-4,6-8H,2,5H2,1H3,(H,14,15,16). The van der Waals surface area contributed by atoms with Crippen LogP contribution in [-0.4, -0.2) is 16.5 Å². The second kappa shape index (κ2) is 4.78. The fraction of sp³-hybridized carbons (Fsp3) is 0.231. The molecule has 92 valence electrons. The van der Waals surface area contributed by atoms with E-state index in [0.717, 1.165) is 34.6 Å². The highest BCUT2D eigenvalue weighted by Crippen LogP contribution is 2.28. The molecular weight excluding hydrogens is 246 g/mol. The normalized spacial score (nSPS) is 10.9. The van der Waals surface area contributed by atoms with E-state index < -0.39 is 0 Å². The molecule has 5 heteroatoms. The van der Waals surface area contributed by atoms with Gasteiger partial charge in [0.15, 0.2) is 5.82 Å². The summed E-state index contributed by atoms with van der Waals surface area (Å²) < 4.78 is 5.09. The molecule has 1 N–H and O–H groups in total. The quantitative estimate of drug-likeness (QED) is 0.774. The Morgan fingerprint density at radius 1 is 1.33 bits per heavy atom. The summed E-state index contributed by atoms with van der Waals surface area (Å²) >= 11 is 1.62. The molecule has 3 rings (SSSR count). The molecule has 0 radical (unpaired) electrons. The number of nitrogens with zero attached hydrogens (tertiary/aromatic N) is 2. The van der Waals surface area contributed by atoms with Crippen molar-refractivity contribution in [3.8, 4) is 11.4 Å². The van der Waals surface area contributed by atoms with E-state index in [9.17, 15) is 0 Å². The molecule has 0 aliphatic heterocycles. The third kappa shape index (κ3) is 1.97. The third-order valence-electron chi connectivity index (χ3n) is 2.65. The van der Waals surface area contributed by atoms with Crippen LogP contribution in [0.4, 0.5) is 5.82 Å². The van der Waals surface area contributed by atoms with Crippen molar-refractivity contribution in [1.82, 2.24) is 9.97 Å². The molecule has 0 atom stereocenters. The second-order valence-corrected chi connectivity index (χ2v) is 4.87. The van der Waals surface area contributed by atoms with E-state index >= 15 is 0 Å². The van der Waals surface area contributed by atoms with E-state index in [1.165, 1.54) is 0 Å². The number of nitrogens with one attached hydrogen (secondary N) is 1. The van der Waals surface area contributed by atoms with E-state index in [2.05, 4.69) is 28.3 Å². The van der Waals surface area contributed by atoms with E-state index in [4.69, 9.17) is 4.42 Å². The first-order valence-electron chi connectivity index (χ1n) is 5.90. The van der Waals surface area contributed by atoms with Crippen LogP contribution in [0, 0.1) is 0 Å². The maximum Gasteiger partial charge on any atom is 0.166 e. The van der Waals surface area contributed by atoms with Crippen molar-refractivity contribution in [3.63, 3.8) is 0 Å². The van der Waals surface area contributed by atoms with Crippen LogP contribution < -0.4 is 5.32 Å². The number of anilines is 1. The Hall–Kier alpha value is -1.88. The molecule has 0 aliphatic carbocycles. The molecular formula is C13H13N3OS. The van der Waals surface area contributed by atoms with Crippen LogP contribution in [0.2, 0.25) is 0 Å². The Labute approximate surface area is 109 Å². The van der Waals surface area contributed by atoms with Gasteiger partial charge in [0.2, 0.25) is 0 Å². The largest absolute Gasteiger partial charge is 0.472 e. The van der Waals surface area contributed by atoms with Crippen LogP contribution in [0.25, 0.3) is 21.6 Å². The summed E-state index contributed by atoms with van der Waals surface area (Å²) in [6.45, 7) is 3.04. The molecule has 0 spiro atoms. The highest BCUT2D eigenvalue weighted by molar-refractivity contribution is 7.16. The topological polar surface area (TPSA) is 51.0 Å². The number of rotatable bonds is 4. The molecule has 4 nitrogen and oxygen atoms in total. The molecule has 0 aromatic carbocycles. The molecule has 0 saturated carbocycles. The smallest absolute Gasteiger partial charge is 0.166 e. The molecule has 0 aliphatic rings. The molecule has 18 heavy (non-hydrogen) atoms. The van der Waals surface area contributed by atoms with Crippen LogP contribution in [0.15, 0.2) is 34.5 Å². The van der Waals surface area contributed by atoms with Crippen molar-refractivity contribution >= 4 is 27.4 Å². The second-order valence-electron chi connectivity index (χ2n) is 3.97. The molecule has 3 aromatic heterocycles. The fourth-order valence-electron chi connectivity index (χ4n) is 1.75. The number of furan rings is 1. The summed E-state index contributed by atoms with van der Waals surface area (Å²) in [6, 6.07) is 3.93. The van der Waals surface area contributed by atoms with Gasteiger partial charge in [0.05, 0.1) is 17.2 Å². The van der Waals surface area contributed by atoms with Crippen molar-refractivity contribution in [2.75, 3.05) is 11.9 Å². The number of fused-ring (bicyclic) bond motifs is 1. The van der Waals surface area contributed by atoms with Crippen LogP contribution in [0.1, 0.15) is 13.3 Å². The molecule has 0 saturated heterocycles. The Kier molecular flexibility index (Phi) is 2.98. The highest BCUT2D eigenvalue weighted by atomic mass is 32.1. The van der Waals surface area contributed by atoms with E-state index in [1.54, 1.807) is 23.9 Å². The zero-order chi connectivity index (χ0) is 12.4. The Morgan fingerprint density at radius 2 is 2.28 bits per heavy atom. The lowest BCUT2D eigenvalue weighted by Crippen LogP contribution is -2.03. The van der Waals surface area contributed by atoms with Gasteiger partial charge in [0.25, 0.3) is 0 Å². The van der Waals surface area contributed by atoms with Crippen molar-refractivity contribution in [3.05, 3.63) is 30.0 Å². The van der Waals surface area contributed by atoms with Gasteiger partial charge in [-0.25, -0.2) is 9.97 Å². The molecule has 3 aromatic rings. The van der Waals surface area contributed by atoms with Crippen LogP contribution in [-0.2, 0) is 0 Å². The van der Waals surface area contributed by atoms with E-state index in [0.29, 0.717) is 5.82 Å². The maximum absolute atomic E-state index is 5.09. The summed E-state index contributed by atoms with van der Waals surface area (Å²) in [4.78, 5) is 10.1. The lowest BCUT2D eigenvalue weighted by molar-refractivity contribution is 0.568. The number of hydrogen-bond acceptors (Lipinski definition) is 5. The van der Waals surface area contributed by atoms with Gasteiger partial charge in [0, 0.05) is 6.54 Å². The zero-order valence-electron chi connectivity index (χ0n) is 10.0. The minimum Gasteiger partial charge on any atom is -0.472 e.